The number of aromatic nitrogens is 2. The first-order valence-electron chi connectivity index (χ1n) is 8.53. The smallest absolute Gasteiger partial charge is 0.243 e. The van der Waals surface area contributed by atoms with Gasteiger partial charge in [-0.1, -0.05) is 0 Å². The quantitative estimate of drug-likeness (QED) is 0.779. The summed E-state index contributed by atoms with van der Waals surface area (Å²) in [6.07, 6.45) is 3.62. The van der Waals surface area contributed by atoms with Crippen LogP contribution in [0.25, 0.3) is 0 Å². The molecule has 2 N–H and O–H groups in total. The predicted molar refractivity (Wildman–Crippen MR) is 102 cm³/mol. The molecule has 1 aromatic carbocycles. The molecule has 2 heterocycles. The van der Waals surface area contributed by atoms with Gasteiger partial charge in [-0.3, -0.25) is 14.3 Å². The molecule has 0 radical (unpaired) electrons. The van der Waals surface area contributed by atoms with Crippen molar-refractivity contribution < 1.29 is 18.4 Å². The van der Waals surface area contributed by atoms with Crippen molar-refractivity contribution in [3.05, 3.63) is 47.8 Å². The van der Waals surface area contributed by atoms with Gasteiger partial charge in [0.05, 0.1) is 18.7 Å². The van der Waals surface area contributed by atoms with E-state index in [-0.39, 0.29) is 42.4 Å². The summed E-state index contributed by atoms with van der Waals surface area (Å²) in [7, 11) is 3.35. The number of hydrogen-bond donors (Lipinski definition) is 2. The Hall–Kier alpha value is -2.52. The van der Waals surface area contributed by atoms with Gasteiger partial charge < -0.3 is 15.5 Å². The second-order valence-corrected chi connectivity index (χ2v) is 6.72. The van der Waals surface area contributed by atoms with Crippen LogP contribution in [-0.2, 0) is 16.6 Å². The molecule has 10 heteroatoms. The number of nitrogens with one attached hydrogen (secondary N) is 2. The minimum atomic E-state index is -0.786. The third kappa shape index (κ3) is 5.05. The van der Waals surface area contributed by atoms with Crippen LogP contribution in [-0.4, -0.2) is 53.2 Å². The first kappa shape index (κ1) is 21.8. The molecule has 2 aromatic rings. The SMILES string of the molecule is CN(CC(=O)Nc1cc(F)cc(F)c1)C(=O)[C@H]1CNC[C@@H]1c1cnn(C)c1.Cl. The number of carbonyl (C=O) groups excluding carboxylic acids is 2. The molecule has 0 aliphatic carbocycles. The van der Waals surface area contributed by atoms with Gasteiger partial charge in [0.2, 0.25) is 11.8 Å². The molecule has 1 fully saturated rings. The molecule has 0 bridgehead atoms. The molecule has 1 aromatic heterocycles. The molecular formula is C18H22ClF2N5O2. The summed E-state index contributed by atoms with van der Waals surface area (Å²) in [5, 5.41) is 9.76. The summed E-state index contributed by atoms with van der Waals surface area (Å²) < 4.78 is 28.1. The van der Waals surface area contributed by atoms with E-state index >= 15 is 0 Å². The Morgan fingerprint density at radius 1 is 1.29 bits per heavy atom. The van der Waals surface area contributed by atoms with Gasteiger partial charge >= 0.3 is 0 Å². The molecule has 1 aliphatic rings. The van der Waals surface area contributed by atoms with Gasteiger partial charge in [0.25, 0.3) is 0 Å². The molecule has 7 nitrogen and oxygen atoms in total. The van der Waals surface area contributed by atoms with E-state index in [4.69, 9.17) is 0 Å². The zero-order valence-electron chi connectivity index (χ0n) is 15.5. The van der Waals surface area contributed by atoms with Gasteiger partial charge in [-0.2, -0.15) is 5.10 Å². The lowest BCUT2D eigenvalue weighted by molar-refractivity contribution is -0.136. The number of halogens is 3. The molecule has 2 atom stereocenters. The lowest BCUT2D eigenvalue weighted by Gasteiger charge is -2.23. The maximum Gasteiger partial charge on any atom is 0.243 e. The molecule has 1 saturated heterocycles. The number of hydrogen-bond acceptors (Lipinski definition) is 4. The number of rotatable bonds is 5. The van der Waals surface area contributed by atoms with Crippen LogP contribution in [0.2, 0.25) is 0 Å². The van der Waals surface area contributed by atoms with Crippen molar-refractivity contribution in [1.82, 2.24) is 20.0 Å². The van der Waals surface area contributed by atoms with E-state index in [0.717, 1.165) is 23.8 Å². The van der Waals surface area contributed by atoms with Crippen molar-refractivity contribution in [3.8, 4) is 0 Å². The van der Waals surface area contributed by atoms with E-state index < -0.39 is 17.5 Å². The van der Waals surface area contributed by atoms with Gasteiger partial charge in [-0.05, 0) is 17.7 Å². The molecule has 3 rings (SSSR count). The van der Waals surface area contributed by atoms with Crippen molar-refractivity contribution in [3.63, 3.8) is 0 Å². The average Bonchev–Trinajstić information content (AvgIpc) is 3.21. The number of amides is 2. The van der Waals surface area contributed by atoms with Gasteiger partial charge in [0, 0.05) is 51.1 Å². The zero-order valence-corrected chi connectivity index (χ0v) is 16.3. The third-order valence-electron chi connectivity index (χ3n) is 4.59. The first-order valence-corrected chi connectivity index (χ1v) is 8.53. The minimum Gasteiger partial charge on any atom is -0.336 e. The Labute approximate surface area is 167 Å². The number of carbonyl (C=O) groups is 2. The van der Waals surface area contributed by atoms with Crippen LogP contribution >= 0.6 is 12.4 Å². The predicted octanol–water partition coefficient (Wildman–Crippen LogP) is 1.52. The fourth-order valence-corrected chi connectivity index (χ4v) is 3.32. The van der Waals surface area contributed by atoms with Crippen LogP contribution in [0.5, 0.6) is 0 Å². The summed E-state index contributed by atoms with van der Waals surface area (Å²) in [5.41, 5.74) is 0.975. The topological polar surface area (TPSA) is 79.3 Å². The van der Waals surface area contributed by atoms with E-state index in [1.807, 2.05) is 13.2 Å². The second-order valence-electron chi connectivity index (χ2n) is 6.72. The molecule has 152 valence electrons. The fourth-order valence-electron chi connectivity index (χ4n) is 3.32. The summed E-state index contributed by atoms with van der Waals surface area (Å²) in [6, 6.07) is 2.75. The summed E-state index contributed by atoms with van der Waals surface area (Å²) in [4.78, 5) is 26.3. The van der Waals surface area contributed by atoms with Crippen LogP contribution < -0.4 is 10.6 Å². The largest absolute Gasteiger partial charge is 0.336 e. The molecular weight excluding hydrogens is 392 g/mol. The highest BCUT2D eigenvalue weighted by Crippen LogP contribution is 2.29. The summed E-state index contributed by atoms with van der Waals surface area (Å²) >= 11 is 0. The van der Waals surface area contributed by atoms with Crippen molar-refractivity contribution in [1.29, 1.82) is 0 Å². The number of aryl methyl sites for hydroxylation is 1. The van der Waals surface area contributed by atoms with Gasteiger partial charge in [0.1, 0.15) is 11.6 Å². The lowest BCUT2D eigenvalue weighted by atomic mass is 9.90. The summed E-state index contributed by atoms with van der Waals surface area (Å²) in [6.45, 7) is 0.956. The van der Waals surface area contributed by atoms with Crippen LogP contribution in [0, 0.1) is 17.6 Å². The Morgan fingerprint density at radius 2 is 1.96 bits per heavy atom. The highest BCUT2D eigenvalue weighted by Gasteiger charge is 2.36. The van der Waals surface area contributed by atoms with E-state index in [1.54, 1.807) is 10.9 Å². The normalized spacial score (nSPS) is 18.4. The first-order chi connectivity index (χ1) is 12.8. The lowest BCUT2D eigenvalue weighted by Crippen LogP contribution is -2.40. The zero-order chi connectivity index (χ0) is 19.6. The van der Waals surface area contributed by atoms with E-state index in [9.17, 15) is 18.4 Å². The van der Waals surface area contributed by atoms with E-state index in [1.165, 1.54) is 11.9 Å². The Bertz CT molecular complexity index is 840. The molecule has 28 heavy (non-hydrogen) atoms. The average molecular weight is 414 g/mol. The maximum absolute atomic E-state index is 13.2. The van der Waals surface area contributed by atoms with Crippen molar-refractivity contribution in [2.45, 2.75) is 5.92 Å². The molecule has 1 aliphatic heterocycles. The van der Waals surface area contributed by atoms with Crippen LogP contribution in [0.3, 0.4) is 0 Å². The second kappa shape index (κ2) is 9.11. The number of anilines is 1. The highest BCUT2D eigenvalue weighted by molar-refractivity contribution is 5.95. The monoisotopic (exact) mass is 413 g/mol. The Morgan fingerprint density at radius 3 is 2.57 bits per heavy atom. The molecule has 0 spiro atoms. The van der Waals surface area contributed by atoms with E-state index in [2.05, 4.69) is 15.7 Å². The van der Waals surface area contributed by atoms with E-state index in [0.29, 0.717) is 13.1 Å². The minimum absolute atomic E-state index is 0. The summed E-state index contributed by atoms with van der Waals surface area (Å²) in [5.74, 6) is -2.60. The maximum atomic E-state index is 13.2. The standard InChI is InChI=1S/C18H21F2N5O2.ClH/c1-24(10-17(26)23-14-4-12(19)3-13(20)5-14)18(27)16-8-21-7-15(16)11-6-22-25(2)9-11;/h3-6,9,15-16,21H,7-8,10H2,1-2H3,(H,23,26);1H/t15-,16+;/m1./s1. The van der Waals surface area contributed by atoms with Crippen LogP contribution in [0.15, 0.2) is 30.6 Å². The number of nitrogens with zero attached hydrogens (tertiary/aromatic N) is 3. The highest BCUT2D eigenvalue weighted by atomic mass is 35.5. The van der Waals surface area contributed by atoms with Crippen molar-refractivity contribution in [2.24, 2.45) is 13.0 Å². The van der Waals surface area contributed by atoms with Crippen molar-refractivity contribution in [2.75, 3.05) is 32.0 Å². The van der Waals surface area contributed by atoms with Gasteiger partial charge in [-0.15, -0.1) is 12.4 Å². The number of likely N-dealkylation sites (N-methyl/N-ethyl adjacent to an activating group) is 1. The van der Waals surface area contributed by atoms with Gasteiger partial charge in [0.15, 0.2) is 0 Å². The van der Waals surface area contributed by atoms with Gasteiger partial charge in [-0.25, -0.2) is 8.78 Å². The van der Waals surface area contributed by atoms with Crippen molar-refractivity contribution >= 4 is 29.9 Å². The third-order valence-corrected chi connectivity index (χ3v) is 4.59. The Kier molecular flexibility index (Phi) is 7.09. The molecule has 2 amide bonds. The fraction of sp³-hybridized carbons (Fsp3) is 0.389. The molecule has 0 unspecified atom stereocenters. The Balaban J connectivity index is 0.00000280. The van der Waals surface area contributed by atoms with Crippen LogP contribution in [0.4, 0.5) is 14.5 Å². The molecule has 0 saturated carbocycles. The number of benzene rings is 1. The van der Waals surface area contributed by atoms with Crippen LogP contribution in [0.1, 0.15) is 11.5 Å².